The lowest BCUT2D eigenvalue weighted by molar-refractivity contribution is -0.126. The quantitative estimate of drug-likeness (QED) is 0.716. The molecule has 2 fully saturated rings. The van der Waals surface area contributed by atoms with Crippen molar-refractivity contribution in [2.45, 2.75) is 63.5 Å². The van der Waals surface area contributed by atoms with Gasteiger partial charge in [-0.25, -0.2) is 0 Å². The summed E-state index contributed by atoms with van der Waals surface area (Å²) >= 11 is 0. The number of primary amides is 1. The van der Waals surface area contributed by atoms with Gasteiger partial charge in [0.2, 0.25) is 5.91 Å². The van der Waals surface area contributed by atoms with E-state index in [1.54, 1.807) is 0 Å². The van der Waals surface area contributed by atoms with E-state index < -0.39 is 5.54 Å². The molecule has 144 valence electrons. The van der Waals surface area contributed by atoms with E-state index in [0.29, 0.717) is 6.04 Å². The van der Waals surface area contributed by atoms with Crippen LogP contribution in [-0.4, -0.2) is 42.2 Å². The SMILES string of the molecule is Cc1ccc(N2CCC(NC3(C(N)=O)CCCCC3)CC2)cc1.O=CO. The fourth-order valence-corrected chi connectivity index (χ4v) is 4.05. The van der Waals surface area contributed by atoms with Crippen LogP contribution in [0, 0.1) is 6.92 Å². The van der Waals surface area contributed by atoms with Gasteiger partial charge in [-0.2, -0.15) is 0 Å². The molecule has 26 heavy (non-hydrogen) atoms. The van der Waals surface area contributed by atoms with Crippen molar-refractivity contribution in [1.29, 1.82) is 0 Å². The van der Waals surface area contributed by atoms with E-state index in [0.717, 1.165) is 51.6 Å². The third kappa shape index (κ3) is 5.21. The molecule has 3 rings (SSSR count). The minimum atomic E-state index is -0.449. The van der Waals surface area contributed by atoms with Gasteiger partial charge >= 0.3 is 0 Å². The number of benzene rings is 1. The Balaban J connectivity index is 0.000000758. The number of nitrogens with two attached hydrogens (primary N) is 1. The highest BCUT2D eigenvalue weighted by atomic mass is 16.3. The standard InChI is InChI=1S/C19H29N3O.CH2O2/c1-15-5-7-17(8-6-15)22-13-9-16(10-14-22)21-19(18(20)23)11-3-2-4-12-19;2-1-3/h5-8,16,21H,2-4,9-14H2,1H3,(H2,20,23);1H,(H,2,3). The second-order valence-electron chi connectivity index (χ2n) is 7.35. The summed E-state index contributed by atoms with van der Waals surface area (Å²) in [7, 11) is 0. The number of hydrogen-bond donors (Lipinski definition) is 3. The smallest absolute Gasteiger partial charge is 0.290 e. The summed E-state index contributed by atoms with van der Waals surface area (Å²) in [6.45, 7) is 3.94. The zero-order chi connectivity index (χ0) is 19.0. The summed E-state index contributed by atoms with van der Waals surface area (Å²) < 4.78 is 0. The summed E-state index contributed by atoms with van der Waals surface area (Å²) in [6.07, 6.45) is 7.39. The third-order valence-corrected chi connectivity index (χ3v) is 5.55. The second kappa shape index (κ2) is 9.57. The number of carbonyl (C=O) groups is 2. The molecule has 1 aromatic carbocycles. The Morgan fingerprint density at radius 2 is 1.73 bits per heavy atom. The van der Waals surface area contributed by atoms with Crippen molar-refractivity contribution < 1.29 is 14.7 Å². The number of amides is 1. The van der Waals surface area contributed by atoms with Crippen LogP contribution in [0.15, 0.2) is 24.3 Å². The maximum absolute atomic E-state index is 12.0. The van der Waals surface area contributed by atoms with Gasteiger partial charge in [-0.3, -0.25) is 9.59 Å². The van der Waals surface area contributed by atoms with Crippen molar-refractivity contribution >= 4 is 18.1 Å². The number of hydrogen-bond acceptors (Lipinski definition) is 4. The van der Waals surface area contributed by atoms with Crippen LogP contribution in [0.25, 0.3) is 0 Å². The van der Waals surface area contributed by atoms with Crippen molar-refractivity contribution in [1.82, 2.24) is 5.32 Å². The molecule has 2 aliphatic rings. The van der Waals surface area contributed by atoms with Gasteiger partial charge in [-0.15, -0.1) is 0 Å². The normalized spacial score (nSPS) is 20.0. The highest BCUT2D eigenvalue weighted by Crippen LogP contribution is 2.30. The molecule has 0 spiro atoms. The number of carboxylic acid groups (broad SMARTS) is 1. The first-order chi connectivity index (χ1) is 12.5. The Bertz CT molecular complexity index is 574. The van der Waals surface area contributed by atoms with Crippen LogP contribution in [0.5, 0.6) is 0 Å². The molecule has 1 heterocycles. The summed E-state index contributed by atoms with van der Waals surface area (Å²) in [6, 6.07) is 9.15. The number of rotatable bonds is 4. The van der Waals surface area contributed by atoms with E-state index in [4.69, 9.17) is 15.6 Å². The summed E-state index contributed by atoms with van der Waals surface area (Å²) in [5.74, 6) is -0.154. The van der Waals surface area contributed by atoms with Gasteiger partial charge in [-0.05, 0) is 44.7 Å². The predicted molar refractivity (Wildman–Crippen MR) is 103 cm³/mol. The minimum Gasteiger partial charge on any atom is -0.483 e. The number of nitrogens with one attached hydrogen (secondary N) is 1. The van der Waals surface area contributed by atoms with E-state index in [1.807, 2.05) is 0 Å². The molecule has 6 heteroatoms. The van der Waals surface area contributed by atoms with Gasteiger partial charge in [0, 0.05) is 24.8 Å². The van der Waals surface area contributed by atoms with Gasteiger partial charge in [-0.1, -0.05) is 37.0 Å². The van der Waals surface area contributed by atoms with Crippen LogP contribution >= 0.6 is 0 Å². The Hall–Kier alpha value is -2.08. The van der Waals surface area contributed by atoms with Crippen molar-refractivity contribution in [3.05, 3.63) is 29.8 Å². The van der Waals surface area contributed by atoms with Crippen LogP contribution in [-0.2, 0) is 9.59 Å². The summed E-state index contributed by atoms with van der Waals surface area (Å²) in [4.78, 5) is 22.8. The van der Waals surface area contributed by atoms with E-state index in [-0.39, 0.29) is 12.4 Å². The van der Waals surface area contributed by atoms with E-state index >= 15 is 0 Å². The van der Waals surface area contributed by atoms with E-state index in [2.05, 4.69) is 41.4 Å². The highest BCUT2D eigenvalue weighted by molar-refractivity contribution is 5.84. The maximum atomic E-state index is 12.0. The van der Waals surface area contributed by atoms with Gasteiger partial charge in [0.1, 0.15) is 0 Å². The summed E-state index contributed by atoms with van der Waals surface area (Å²) in [5, 5.41) is 10.5. The molecule has 6 nitrogen and oxygen atoms in total. The molecule has 0 bridgehead atoms. The first-order valence-electron chi connectivity index (χ1n) is 9.48. The number of carbonyl (C=O) groups excluding carboxylic acids is 1. The van der Waals surface area contributed by atoms with Gasteiger partial charge < -0.3 is 21.1 Å². The molecular formula is C20H31N3O3. The van der Waals surface area contributed by atoms with Crippen LogP contribution in [0.3, 0.4) is 0 Å². The molecule has 1 saturated heterocycles. The molecular weight excluding hydrogens is 330 g/mol. The number of anilines is 1. The average Bonchev–Trinajstić information content (AvgIpc) is 2.64. The first kappa shape index (κ1) is 20.2. The lowest BCUT2D eigenvalue weighted by Crippen LogP contribution is -2.61. The lowest BCUT2D eigenvalue weighted by Gasteiger charge is -2.42. The first-order valence-corrected chi connectivity index (χ1v) is 9.48. The Kier molecular flexibility index (Phi) is 7.45. The highest BCUT2D eigenvalue weighted by Gasteiger charge is 2.39. The van der Waals surface area contributed by atoms with Crippen LogP contribution in [0.4, 0.5) is 5.69 Å². The van der Waals surface area contributed by atoms with Gasteiger partial charge in [0.25, 0.3) is 6.47 Å². The van der Waals surface area contributed by atoms with Gasteiger partial charge in [0.05, 0.1) is 5.54 Å². The summed E-state index contributed by atoms with van der Waals surface area (Å²) in [5.41, 5.74) is 7.89. The molecule has 0 radical (unpaired) electrons. The minimum absolute atomic E-state index is 0.154. The maximum Gasteiger partial charge on any atom is 0.290 e. The number of aryl methyl sites for hydroxylation is 1. The Morgan fingerprint density at radius 3 is 2.23 bits per heavy atom. The molecule has 1 aliphatic heterocycles. The monoisotopic (exact) mass is 361 g/mol. The fourth-order valence-electron chi connectivity index (χ4n) is 4.05. The largest absolute Gasteiger partial charge is 0.483 e. The zero-order valence-electron chi connectivity index (χ0n) is 15.6. The molecule has 0 aromatic heterocycles. The van der Waals surface area contributed by atoms with Crippen molar-refractivity contribution in [2.75, 3.05) is 18.0 Å². The number of nitrogens with zero attached hydrogens (tertiary/aromatic N) is 1. The van der Waals surface area contributed by atoms with Crippen molar-refractivity contribution in [3.63, 3.8) is 0 Å². The van der Waals surface area contributed by atoms with Crippen LogP contribution in [0.1, 0.15) is 50.5 Å². The van der Waals surface area contributed by atoms with E-state index in [1.165, 1.54) is 17.7 Å². The van der Waals surface area contributed by atoms with Crippen molar-refractivity contribution in [2.24, 2.45) is 5.73 Å². The van der Waals surface area contributed by atoms with Gasteiger partial charge in [0.15, 0.2) is 0 Å². The van der Waals surface area contributed by atoms with Crippen LogP contribution in [0.2, 0.25) is 0 Å². The molecule has 4 N–H and O–H groups in total. The molecule has 0 atom stereocenters. The third-order valence-electron chi connectivity index (χ3n) is 5.55. The Morgan fingerprint density at radius 1 is 1.19 bits per heavy atom. The zero-order valence-corrected chi connectivity index (χ0v) is 15.6. The topological polar surface area (TPSA) is 95.7 Å². The molecule has 0 unspecified atom stereocenters. The Labute approximate surface area is 155 Å². The molecule has 1 amide bonds. The van der Waals surface area contributed by atoms with Crippen molar-refractivity contribution in [3.8, 4) is 0 Å². The fraction of sp³-hybridized carbons (Fsp3) is 0.600. The molecule has 1 saturated carbocycles. The van der Waals surface area contributed by atoms with E-state index in [9.17, 15) is 4.79 Å². The second-order valence-corrected chi connectivity index (χ2v) is 7.35. The lowest BCUT2D eigenvalue weighted by atomic mass is 9.80. The molecule has 1 aromatic rings. The molecule has 1 aliphatic carbocycles. The average molecular weight is 361 g/mol. The van der Waals surface area contributed by atoms with Crippen LogP contribution < -0.4 is 16.0 Å². The number of piperidine rings is 1. The predicted octanol–water partition coefficient (Wildman–Crippen LogP) is 2.44.